The minimum atomic E-state index is -1.49. The topological polar surface area (TPSA) is 206 Å². The Morgan fingerprint density at radius 2 is 1.63 bits per heavy atom. The molecule has 3 heterocycles. The first kappa shape index (κ1) is 48.6. The summed E-state index contributed by atoms with van der Waals surface area (Å²) in [5.74, 6) is -2.82. The van der Waals surface area contributed by atoms with Crippen LogP contribution in [0.4, 0.5) is 0 Å². The second kappa shape index (κ2) is 22.5. The molecule has 0 aromatic heterocycles. The molecule has 0 radical (unpaired) electrons. The summed E-state index contributed by atoms with van der Waals surface area (Å²) in [5, 5.41) is 34.5. The molecule has 3 aliphatic heterocycles. The molecule has 16 nitrogen and oxygen atoms in total. The van der Waals surface area contributed by atoms with Crippen molar-refractivity contribution in [1.82, 2.24) is 4.90 Å². The monoisotopic (exact) mass is 813 g/mol. The molecule has 16 heteroatoms. The van der Waals surface area contributed by atoms with Crippen LogP contribution in [-0.4, -0.2) is 151 Å². The number of hydrogen-bond donors (Lipinski definition) is 3. The van der Waals surface area contributed by atoms with Gasteiger partial charge in [0.25, 0.3) is 0 Å². The van der Waals surface area contributed by atoms with E-state index in [2.05, 4.69) is 0 Å². The molecule has 0 bridgehead atoms. The van der Waals surface area contributed by atoms with Crippen molar-refractivity contribution in [3.8, 4) is 0 Å². The van der Waals surface area contributed by atoms with Gasteiger partial charge in [-0.1, -0.05) is 45.1 Å². The molecule has 3 rings (SSSR count). The number of hydrogen-bond acceptors (Lipinski definition) is 16. The lowest BCUT2D eigenvalue weighted by Gasteiger charge is -2.50. The second-order valence-electron chi connectivity index (χ2n) is 16.0. The lowest BCUT2D eigenvalue weighted by atomic mass is 9.82. The molecule has 0 aromatic rings. The Bertz CT molecular complexity index is 1350. The van der Waals surface area contributed by atoms with E-state index in [0.29, 0.717) is 12.7 Å². The van der Waals surface area contributed by atoms with Crippen LogP contribution in [0.1, 0.15) is 93.4 Å². The van der Waals surface area contributed by atoms with Gasteiger partial charge in [-0.15, -0.1) is 0 Å². The SMILES string of the molecule is CCC(=O)OC1CC(=O)OC(C)C/C=C/C=C/C(O)C(C)CC(CC=O)C(O[C@@H]2O[C@H](C)[C@@H](O[C@H]3C[C@@](C)(O)[C@H](OC(=O)CC)[C@@H](C)O3)[C@H](N(C)C)[C@H]2O)C1OC. The maximum Gasteiger partial charge on any atom is 0.309 e. The fraction of sp³-hybridized carbons (Fsp3) is 0.805. The standard InChI is InChI=1S/C41H67NO15/c1-11-30(45)54-29-21-32(47)51-24(4)16-14-13-15-17-28(44)23(3)20-27(18-19-43)37(38(29)50-10)57-40-35(48)34(42(8)9)36(25(5)53-40)56-33-22-41(7,49)39(26(6)52-33)55-31(46)12-2/h13-15,17,19,23-29,33-40,44,48-49H,11-12,16,18,20-22H2,1-10H3/b14-13+,17-15+/t23?,24?,25-,26-,27?,28?,29?,33+,34-,35-,36-,37?,38?,39-,40+,41-/m1/s1. The van der Waals surface area contributed by atoms with E-state index in [1.165, 1.54) is 7.11 Å². The van der Waals surface area contributed by atoms with Crippen molar-refractivity contribution in [3.63, 3.8) is 0 Å². The molecule has 0 aromatic carbocycles. The molecular weight excluding hydrogens is 746 g/mol. The Balaban J connectivity index is 2.01. The number of ether oxygens (including phenoxy) is 8. The number of aldehydes is 1. The Labute approximate surface area is 337 Å². The highest BCUT2D eigenvalue weighted by molar-refractivity contribution is 5.72. The molecule has 0 spiro atoms. The van der Waals surface area contributed by atoms with E-state index >= 15 is 0 Å². The van der Waals surface area contributed by atoms with Gasteiger partial charge >= 0.3 is 17.9 Å². The van der Waals surface area contributed by atoms with Crippen molar-refractivity contribution < 1.29 is 72.4 Å². The predicted molar refractivity (Wildman–Crippen MR) is 205 cm³/mol. The van der Waals surface area contributed by atoms with E-state index in [1.54, 1.807) is 78.8 Å². The molecule has 16 atom stereocenters. The largest absolute Gasteiger partial charge is 0.462 e. The average Bonchev–Trinajstić information content (AvgIpc) is 3.13. The minimum Gasteiger partial charge on any atom is -0.462 e. The smallest absolute Gasteiger partial charge is 0.309 e. The summed E-state index contributed by atoms with van der Waals surface area (Å²) >= 11 is 0. The van der Waals surface area contributed by atoms with Crippen LogP contribution in [0.25, 0.3) is 0 Å². The van der Waals surface area contributed by atoms with Gasteiger partial charge in [-0.3, -0.25) is 14.4 Å². The van der Waals surface area contributed by atoms with Crippen molar-refractivity contribution in [1.29, 1.82) is 0 Å². The molecular formula is C41H67NO15. The summed E-state index contributed by atoms with van der Waals surface area (Å²) in [6, 6.07) is -0.779. The van der Waals surface area contributed by atoms with Gasteiger partial charge in [0, 0.05) is 39.2 Å². The van der Waals surface area contributed by atoms with Crippen LogP contribution in [0, 0.1) is 11.8 Å². The lowest BCUT2D eigenvalue weighted by Crippen LogP contribution is -2.66. The maximum absolute atomic E-state index is 13.3. The zero-order valence-corrected chi connectivity index (χ0v) is 35.2. The summed E-state index contributed by atoms with van der Waals surface area (Å²) in [7, 11) is 4.86. The van der Waals surface area contributed by atoms with Crippen LogP contribution in [0.5, 0.6) is 0 Å². The normalized spacial score (nSPS) is 41.1. The van der Waals surface area contributed by atoms with E-state index in [-0.39, 0.29) is 32.1 Å². The maximum atomic E-state index is 13.3. The number of cyclic esters (lactones) is 1. The number of carbonyl (C=O) groups is 4. The van der Waals surface area contributed by atoms with E-state index < -0.39 is 121 Å². The van der Waals surface area contributed by atoms with Gasteiger partial charge in [0.2, 0.25) is 0 Å². The summed E-state index contributed by atoms with van der Waals surface area (Å²) in [6.45, 7) is 11.8. The highest BCUT2D eigenvalue weighted by Crippen LogP contribution is 2.37. The second-order valence-corrected chi connectivity index (χ2v) is 16.0. The van der Waals surface area contributed by atoms with Crippen molar-refractivity contribution in [2.24, 2.45) is 11.8 Å². The molecule has 0 aliphatic carbocycles. The Morgan fingerprint density at radius 1 is 0.965 bits per heavy atom. The van der Waals surface area contributed by atoms with Crippen molar-refractivity contribution in [2.45, 2.75) is 179 Å². The van der Waals surface area contributed by atoms with Crippen LogP contribution < -0.4 is 0 Å². The molecule has 0 saturated carbocycles. The van der Waals surface area contributed by atoms with Gasteiger partial charge in [0.1, 0.15) is 42.4 Å². The van der Waals surface area contributed by atoms with Gasteiger partial charge in [0.15, 0.2) is 18.7 Å². The quantitative estimate of drug-likeness (QED) is 0.147. The Hall–Kier alpha value is -2.80. The number of carbonyl (C=O) groups excluding carboxylic acids is 4. The van der Waals surface area contributed by atoms with Crippen LogP contribution in [0.2, 0.25) is 0 Å². The number of aliphatic hydroxyl groups excluding tert-OH is 2. The van der Waals surface area contributed by atoms with E-state index in [1.807, 2.05) is 13.0 Å². The van der Waals surface area contributed by atoms with Gasteiger partial charge < -0.3 is 62.9 Å². The third-order valence-corrected chi connectivity index (χ3v) is 10.9. The first-order valence-corrected chi connectivity index (χ1v) is 20.1. The summed E-state index contributed by atoms with van der Waals surface area (Å²) < 4.78 is 48.5. The summed E-state index contributed by atoms with van der Waals surface area (Å²) in [4.78, 5) is 52.3. The van der Waals surface area contributed by atoms with Crippen LogP contribution >= 0.6 is 0 Å². The molecule has 3 N–H and O–H groups in total. The first-order chi connectivity index (χ1) is 26.9. The number of nitrogens with zero attached hydrogens (tertiary/aromatic N) is 1. The van der Waals surface area contributed by atoms with Gasteiger partial charge in [-0.25, -0.2) is 0 Å². The van der Waals surface area contributed by atoms with Gasteiger partial charge in [-0.2, -0.15) is 0 Å². The van der Waals surface area contributed by atoms with Crippen molar-refractivity contribution in [3.05, 3.63) is 24.3 Å². The molecule has 2 fully saturated rings. The molecule has 326 valence electrons. The van der Waals surface area contributed by atoms with Gasteiger partial charge in [0.05, 0.1) is 36.9 Å². The van der Waals surface area contributed by atoms with Crippen molar-refractivity contribution >= 4 is 24.2 Å². The van der Waals surface area contributed by atoms with Crippen LogP contribution in [0.15, 0.2) is 24.3 Å². The molecule has 3 aliphatic rings. The third-order valence-electron chi connectivity index (χ3n) is 10.9. The molecule has 0 amide bonds. The lowest BCUT2D eigenvalue weighted by molar-refractivity contribution is -0.344. The Morgan fingerprint density at radius 3 is 2.23 bits per heavy atom. The third kappa shape index (κ3) is 13.6. The zero-order chi connectivity index (χ0) is 42.6. The van der Waals surface area contributed by atoms with E-state index in [4.69, 9.17) is 37.9 Å². The number of allylic oxidation sites excluding steroid dienone is 2. The van der Waals surface area contributed by atoms with E-state index in [0.717, 1.165) is 0 Å². The summed E-state index contributed by atoms with van der Waals surface area (Å²) in [5.41, 5.74) is -1.49. The first-order valence-electron chi connectivity index (χ1n) is 20.1. The van der Waals surface area contributed by atoms with Crippen LogP contribution in [0.3, 0.4) is 0 Å². The molecule has 7 unspecified atom stereocenters. The number of methoxy groups -OCH3 is 1. The predicted octanol–water partition coefficient (Wildman–Crippen LogP) is 2.77. The highest BCUT2D eigenvalue weighted by Gasteiger charge is 2.53. The zero-order valence-electron chi connectivity index (χ0n) is 35.2. The fourth-order valence-corrected chi connectivity index (χ4v) is 7.82. The molecule has 2 saturated heterocycles. The fourth-order valence-electron chi connectivity index (χ4n) is 7.82. The number of rotatable bonds is 12. The summed E-state index contributed by atoms with van der Waals surface area (Å²) in [6.07, 6.45) is -4.08. The number of likely N-dealkylation sites (N-methyl/N-ethyl adjacent to an activating group) is 1. The minimum absolute atomic E-state index is 0.000633. The van der Waals surface area contributed by atoms with Crippen LogP contribution in [-0.2, 0) is 57.1 Å². The van der Waals surface area contributed by atoms with Crippen molar-refractivity contribution in [2.75, 3.05) is 21.2 Å². The molecule has 57 heavy (non-hydrogen) atoms. The number of aliphatic hydroxyl groups is 3. The highest BCUT2D eigenvalue weighted by atomic mass is 16.7. The number of esters is 3. The average molecular weight is 814 g/mol. The van der Waals surface area contributed by atoms with E-state index in [9.17, 15) is 34.5 Å². The Kier molecular flexibility index (Phi) is 19.2. The van der Waals surface area contributed by atoms with Gasteiger partial charge in [-0.05, 0) is 60.0 Å².